The molecule has 0 aromatic carbocycles. The standard InChI is InChI=1S/C14H25N3/c1-6-15-9-12-7-13(10(2)3)17-14(8-12)16-11(4)5/h7-8,10-11,15H,6,9H2,1-5H3,(H,16,17). The molecule has 2 N–H and O–H groups in total. The van der Waals surface area contributed by atoms with Crippen molar-refractivity contribution in [2.24, 2.45) is 0 Å². The van der Waals surface area contributed by atoms with E-state index in [1.54, 1.807) is 0 Å². The molecule has 0 spiro atoms. The van der Waals surface area contributed by atoms with Crippen LogP contribution in [0.5, 0.6) is 0 Å². The fraction of sp³-hybridized carbons (Fsp3) is 0.643. The lowest BCUT2D eigenvalue weighted by molar-refractivity contribution is 0.720. The summed E-state index contributed by atoms with van der Waals surface area (Å²) in [4.78, 5) is 4.64. The van der Waals surface area contributed by atoms with Gasteiger partial charge in [0.15, 0.2) is 0 Å². The summed E-state index contributed by atoms with van der Waals surface area (Å²) in [6.07, 6.45) is 0. The number of hydrogen-bond acceptors (Lipinski definition) is 3. The monoisotopic (exact) mass is 235 g/mol. The molecule has 0 radical (unpaired) electrons. The van der Waals surface area contributed by atoms with Crippen LogP contribution < -0.4 is 10.6 Å². The summed E-state index contributed by atoms with van der Waals surface area (Å²) in [5.41, 5.74) is 2.46. The zero-order valence-electron chi connectivity index (χ0n) is 11.7. The SMILES string of the molecule is CCNCc1cc(NC(C)C)nc(C(C)C)c1. The molecule has 0 atom stereocenters. The highest BCUT2D eigenvalue weighted by Gasteiger charge is 2.06. The zero-order chi connectivity index (χ0) is 12.8. The maximum atomic E-state index is 4.64. The van der Waals surface area contributed by atoms with Crippen LogP contribution in [0.1, 0.15) is 51.8 Å². The first kappa shape index (κ1) is 14.0. The minimum atomic E-state index is 0.414. The second-order valence-corrected chi connectivity index (χ2v) is 5.02. The van der Waals surface area contributed by atoms with Crippen LogP contribution in [-0.4, -0.2) is 17.6 Å². The maximum absolute atomic E-state index is 4.64. The third-order valence-electron chi connectivity index (χ3n) is 2.51. The maximum Gasteiger partial charge on any atom is 0.126 e. The van der Waals surface area contributed by atoms with Crippen molar-refractivity contribution in [3.8, 4) is 0 Å². The lowest BCUT2D eigenvalue weighted by atomic mass is 10.1. The molecule has 0 saturated heterocycles. The predicted octanol–water partition coefficient (Wildman–Crippen LogP) is 3.13. The first-order chi connectivity index (χ1) is 8.02. The van der Waals surface area contributed by atoms with Crippen molar-refractivity contribution in [2.75, 3.05) is 11.9 Å². The van der Waals surface area contributed by atoms with Crippen LogP contribution in [0.2, 0.25) is 0 Å². The molecule has 1 aromatic rings. The van der Waals surface area contributed by atoms with Gasteiger partial charge in [-0.3, -0.25) is 0 Å². The third kappa shape index (κ3) is 4.73. The number of nitrogens with zero attached hydrogens (tertiary/aromatic N) is 1. The number of aromatic nitrogens is 1. The van der Waals surface area contributed by atoms with Gasteiger partial charge in [0.2, 0.25) is 0 Å². The Morgan fingerprint density at radius 3 is 2.41 bits per heavy atom. The molecule has 0 aliphatic carbocycles. The van der Waals surface area contributed by atoms with Crippen LogP contribution in [-0.2, 0) is 6.54 Å². The van der Waals surface area contributed by atoms with E-state index in [0.717, 1.165) is 24.6 Å². The van der Waals surface area contributed by atoms with E-state index in [4.69, 9.17) is 0 Å². The van der Waals surface area contributed by atoms with Gasteiger partial charge in [-0.05, 0) is 44.0 Å². The quantitative estimate of drug-likeness (QED) is 0.795. The summed E-state index contributed by atoms with van der Waals surface area (Å²) in [6, 6.07) is 4.74. The van der Waals surface area contributed by atoms with Crippen molar-refractivity contribution in [3.63, 3.8) is 0 Å². The molecule has 0 aliphatic heterocycles. The van der Waals surface area contributed by atoms with E-state index in [9.17, 15) is 0 Å². The largest absolute Gasteiger partial charge is 0.368 e. The molecule has 0 aliphatic rings. The summed E-state index contributed by atoms with van der Waals surface area (Å²) in [7, 11) is 0. The fourth-order valence-corrected chi connectivity index (χ4v) is 1.65. The number of hydrogen-bond donors (Lipinski definition) is 2. The highest BCUT2D eigenvalue weighted by Crippen LogP contribution is 2.18. The molecule has 1 aromatic heterocycles. The molecule has 17 heavy (non-hydrogen) atoms. The Balaban J connectivity index is 2.92. The molecule has 0 unspecified atom stereocenters. The lowest BCUT2D eigenvalue weighted by Gasteiger charge is -2.14. The minimum absolute atomic E-state index is 0.414. The van der Waals surface area contributed by atoms with Crippen LogP contribution in [0.25, 0.3) is 0 Å². The van der Waals surface area contributed by atoms with Crippen molar-refractivity contribution in [1.29, 1.82) is 0 Å². The van der Waals surface area contributed by atoms with E-state index in [-0.39, 0.29) is 0 Å². The van der Waals surface area contributed by atoms with Crippen molar-refractivity contribution < 1.29 is 0 Å². The molecule has 0 bridgehead atoms. The van der Waals surface area contributed by atoms with E-state index in [1.165, 1.54) is 5.56 Å². The summed E-state index contributed by atoms with van der Waals surface area (Å²) in [5, 5.41) is 6.73. The van der Waals surface area contributed by atoms with E-state index >= 15 is 0 Å². The first-order valence-corrected chi connectivity index (χ1v) is 6.51. The lowest BCUT2D eigenvalue weighted by Crippen LogP contribution is -2.15. The second kappa shape index (κ2) is 6.60. The topological polar surface area (TPSA) is 37.0 Å². The van der Waals surface area contributed by atoms with Gasteiger partial charge in [0.05, 0.1) is 0 Å². The van der Waals surface area contributed by atoms with Gasteiger partial charge in [-0.15, -0.1) is 0 Å². The Morgan fingerprint density at radius 1 is 1.18 bits per heavy atom. The van der Waals surface area contributed by atoms with E-state index in [1.807, 2.05) is 0 Å². The molecule has 1 rings (SSSR count). The molecule has 1 heterocycles. The Hall–Kier alpha value is -1.09. The van der Waals surface area contributed by atoms with Gasteiger partial charge in [-0.1, -0.05) is 20.8 Å². The van der Waals surface area contributed by atoms with E-state index in [2.05, 4.69) is 62.4 Å². The van der Waals surface area contributed by atoms with Crippen molar-refractivity contribution >= 4 is 5.82 Å². The number of rotatable bonds is 6. The van der Waals surface area contributed by atoms with Gasteiger partial charge >= 0.3 is 0 Å². The molecule has 0 amide bonds. The Bertz CT molecular complexity index is 345. The average Bonchev–Trinajstić information content (AvgIpc) is 2.25. The Kier molecular flexibility index (Phi) is 5.42. The van der Waals surface area contributed by atoms with Crippen LogP contribution in [0.3, 0.4) is 0 Å². The second-order valence-electron chi connectivity index (χ2n) is 5.02. The Labute approximate surface area is 105 Å². The summed E-state index contributed by atoms with van der Waals surface area (Å²) in [6.45, 7) is 12.6. The summed E-state index contributed by atoms with van der Waals surface area (Å²) >= 11 is 0. The van der Waals surface area contributed by atoms with Crippen LogP contribution in [0.4, 0.5) is 5.82 Å². The van der Waals surface area contributed by atoms with Crippen LogP contribution >= 0.6 is 0 Å². The van der Waals surface area contributed by atoms with Crippen molar-refractivity contribution in [1.82, 2.24) is 10.3 Å². The summed E-state index contributed by atoms with van der Waals surface area (Å²) < 4.78 is 0. The zero-order valence-corrected chi connectivity index (χ0v) is 11.7. The van der Waals surface area contributed by atoms with Crippen molar-refractivity contribution in [2.45, 2.75) is 53.1 Å². The molecular weight excluding hydrogens is 210 g/mol. The van der Waals surface area contributed by atoms with Gasteiger partial charge in [-0.2, -0.15) is 0 Å². The van der Waals surface area contributed by atoms with E-state index in [0.29, 0.717) is 12.0 Å². The van der Waals surface area contributed by atoms with Gasteiger partial charge in [0.1, 0.15) is 5.82 Å². The van der Waals surface area contributed by atoms with Crippen molar-refractivity contribution in [3.05, 3.63) is 23.4 Å². The average molecular weight is 235 g/mol. The van der Waals surface area contributed by atoms with Gasteiger partial charge in [0.25, 0.3) is 0 Å². The van der Waals surface area contributed by atoms with Gasteiger partial charge in [-0.25, -0.2) is 4.98 Å². The third-order valence-corrected chi connectivity index (χ3v) is 2.51. The highest BCUT2D eigenvalue weighted by atomic mass is 15.0. The highest BCUT2D eigenvalue weighted by molar-refractivity contribution is 5.41. The number of nitrogens with one attached hydrogen (secondary N) is 2. The first-order valence-electron chi connectivity index (χ1n) is 6.51. The molecule has 0 fully saturated rings. The van der Waals surface area contributed by atoms with Crippen LogP contribution in [0.15, 0.2) is 12.1 Å². The van der Waals surface area contributed by atoms with Gasteiger partial charge < -0.3 is 10.6 Å². The minimum Gasteiger partial charge on any atom is -0.368 e. The van der Waals surface area contributed by atoms with Gasteiger partial charge in [0, 0.05) is 18.3 Å². The molecule has 96 valence electrons. The predicted molar refractivity (Wildman–Crippen MR) is 74.5 cm³/mol. The molecule has 3 nitrogen and oxygen atoms in total. The van der Waals surface area contributed by atoms with E-state index < -0.39 is 0 Å². The summed E-state index contributed by atoms with van der Waals surface area (Å²) in [5.74, 6) is 1.45. The number of pyridine rings is 1. The molecule has 0 saturated carbocycles. The number of anilines is 1. The van der Waals surface area contributed by atoms with Crippen LogP contribution in [0, 0.1) is 0 Å². The molecule has 3 heteroatoms. The Morgan fingerprint density at radius 2 is 1.88 bits per heavy atom. The molecular formula is C14H25N3. The normalized spacial score (nSPS) is 11.2. The fourth-order valence-electron chi connectivity index (χ4n) is 1.65. The smallest absolute Gasteiger partial charge is 0.126 e.